The smallest absolute Gasteiger partial charge is 0.174 e. The van der Waals surface area contributed by atoms with Crippen LogP contribution in [0, 0.1) is 5.82 Å². The monoisotopic (exact) mass is 252 g/mol. The molecule has 1 aromatic carbocycles. The van der Waals surface area contributed by atoms with Crippen LogP contribution in [0.3, 0.4) is 0 Å². The number of benzene rings is 1. The maximum atomic E-state index is 14.1. The molecule has 0 aliphatic rings. The second-order valence-electron chi connectivity index (χ2n) is 3.41. The molecule has 2 aromatic rings. The molecule has 5 heteroatoms. The summed E-state index contributed by atoms with van der Waals surface area (Å²) in [6.07, 6.45) is 1.50. The molecule has 2 N–H and O–H groups in total. The molecular formula is C12H10ClFN2O. The number of anilines is 1. The second-order valence-corrected chi connectivity index (χ2v) is 3.80. The summed E-state index contributed by atoms with van der Waals surface area (Å²) < 4.78 is 19.0. The van der Waals surface area contributed by atoms with Gasteiger partial charge in [-0.2, -0.15) is 0 Å². The van der Waals surface area contributed by atoms with Crippen molar-refractivity contribution in [3.05, 3.63) is 41.4 Å². The largest absolute Gasteiger partial charge is 0.494 e. The van der Waals surface area contributed by atoms with E-state index in [-0.39, 0.29) is 16.5 Å². The van der Waals surface area contributed by atoms with Gasteiger partial charge in [0.15, 0.2) is 11.6 Å². The summed E-state index contributed by atoms with van der Waals surface area (Å²) in [6.45, 7) is 0. The third-order valence-corrected chi connectivity index (χ3v) is 2.58. The van der Waals surface area contributed by atoms with Crippen molar-refractivity contribution < 1.29 is 9.13 Å². The SMILES string of the molecule is COc1ccc(N)c(-c2ccnc(Cl)c2)c1F. The Morgan fingerprint density at radius 1 is 1.35 bits per heavy atom. The lowest BCUT2D eigenvalue weighted by Crippen LogP contribution is -1.97. The van der Waals surface area contributed by atoms with E-state index in [9.17, 15) is 4.39 Å². The Morgan fingerprint density at radius 2 is 2.12 bits per heavy atom. The lowest BCUT2D eigenvalue weighted by molar-refractivity contribution is 0.387. The highest BCUT2D eigenvalue weighted by Gasteiger charge is 2.14. The number of hydrogen-bond acceptors (Lipinski definition) is 3. The van der Waals surface area contributed by atoms with E-state index < -0.39 is 5.82 Å². The van der Waals surface area contributed by atoms with E-state index in [2.05, 4.69) is 4.98 Å². The maximum Gasteiger partial charge on any atom is 0.174 e. The molecule has 1 heterocycles. The van der Waals surface area contributed by atoms with Crippen LogP contribution in [0.15, 0.2) is 30.5 Å². The number of nitrogens with two attached hydrogens (primary N) is 1. The Balaban J connectivity index is 2.66. The van der Waals surface area contributed by atoms with Crippen LogP contribution in [0.1, 0.15) is 0 Å². The predicted octanol–water partition coefficient (Wildman–Crippen LogP) is 3.13. The Labute approximate surface area is 103 Å². The molecule has 0 bridgehead atoms. The van der Waals surface area contributed by atoms with Gasteiger partial charge in [-0.05, 0) is 29.8 Å². The van der Waals surface area contributed by atoms with E-state index in [4.69, 9.17) is 22.1 Å². The van der Waals surface area contributed by atoms with E-state index in [1.54, 1.807) is 18.2 Å². The Morgan fingerprint density at radius 3 is 2.76 bits per heavy atom. The molecule has 0 saturated carbocycles. The first-order chi connectivity index (χ1) is 8.13. The summed E-state index contributed by atoms with van der Waals surface area (Å²) in [7, 11) is 1.40. The van der Waals surface area contributed by atoms with Crippen molar-refractivity contribution in [3.63, 3.8) is 0 Å². The summed E-state index contributed by atoms with van der Waals surface area (Å²) in [5, 5.41) is 0.282. The van der Waals surface area contributed by atoms with Crippen molar-refractivity contribution in [1.82, 2.24) is 4.98 Å². The molecule has 3 nitrogen and oxygen atoms in total. The van der Waals surface area contributed by atoms with Gasteiger partial charge in [0.25, 0.3) is 0 Å². The molecule has 0 unspecified atom stereocenters. The third kappa shape index (κ3) is 2.17. The number of nitrogens with zero attached hydrogens (tertiary/aromatic N) is 1. The van der Waals surface area contributed by atoms with Crippen LogP contribution >= 0.6 is 11.6 Å². The lowest BCUT2D eigenvalue weighted by atomic mass is 10.0. The van der Waals surface area contributed by atoms with Crippen molar-refractivity contribution in [2.24, 2.45) is 0 Å². The molecule has 1 aromatic heterocycles. The number of nitrogen functional groups attached to an aromatic ring is 1. The van der Waals surface area contributed by atoms with Gasteiger partial charge in [-0.3, -0.25) is 0 Å². The summed E-state index contributed by atoms with van der Waals surface area (Å²) in [4.78, 5) is 3.84. The minimum atomic E-state index is -0.505. The zero-order valence-corrected chi connectivity index (χ0v) is 9.83. The molecule has 0 saturated heterocycles. The Bertz CT molecular complexity index is 560. The number of hydrogen-bond donors (Lipinski definition) is 1. The first-order valence-electron chi connectivity index (χ1n) is 4.87. The maximum absolute atomic E-state index is 14.1. The number of ether oxygens (including phenoxy) is 1. The fourth-order valence-corrected chi connectivity index (χ4v) is 1.75. The van der Waals surface area contributed by atoms with Gasteiger partial charge in [0, 0.05) is 17.4 Å². The lowest BCUT2D eigenvalue weighted by Gasteiger charge is -2.10. The van der Waals surface area contributed by atoms with E-state index in [0.717, 1.165) is 0 Å². The molecule has 0 spiro atoms. The second kappa shape index (κ2) is 4.59. The van der Waals surface area contributed by atoms with Gasteiger partial charge < -0.3 is 10.5 Å². The van der Waals surface area contributed by atoms with E-state index >= 15 is 0 Å². The molecule has 0 radical (unpaired) electrons. The van der Waals surface area contributed by atoms with Gasteiger partial charge in [0.05, 0.1) is 7.11 Å². The van der Waals surface area contributed by atoms with Crippen molar-refractivity contribution >= 4 is 17.3 Å². The number of aromatic nitrogens is 1. The third-order valence-electron chi connectivity index (χ3n) is 2.37. The summed E-state index contributed by atoms with van der Waals surface area (Å²) in [5.41, 5.74) is 6.93. The number of methoxy groups -OCH3 is 1. The highest BCUT2D eigenvalue weighted by molar-refractivity contribution is 6.29. The molecule has 0 fully saturated rings. The average Bonchev–Trinajstić information content (AvgIpc) is 2.29. The van der Waals surface area contributed by atoms with Crippen molar-refractivity contribution in [2.45, 2.75) is 0 Å². The Kier molecular flexibility index (Phi) is 3.15. The highest BCUT2D eigenvalue weighted by atomic mass is 35.5. The van der Waals surface area contributed by atoms with E-state index in [0.29, 0.717) is 11.3 Å². The highest BCUT2D eigenvalue weighted by Crippen LogP contribution is 2.34. The van der Waals surface area contributed by atoms with E-state index in [1.807, 2.05) is 0 Å². The standard InChI is InChI=1S/C12H10ClFN2O/c1-17-9-3-2-8(15)11(12(9)14)7-4-5-16-10(13)6-7/h2-6H,15H2,1H3. The van der Waals surface area contributed by atoms with Gasteiger partial charge in [-0.25, -0.2) is 9.37 Å². The quantitative estimate of drug-likeness (QED) is 0.660. The van der Waals surface area contributed by atoms with Crippen LogP contribution in [0.5, 0.6) is 5.75 Å². The van der Waals surface area contributed by atoms with Gasteiger partial charge in [0.1, 0.15) is 5.15 Å². The molecule has 88 valence electrons. The fourth-order valence-electron chi connectivity index (χ4n) is 1.58. The van der Waals surface area contributed by atoms with Crippen LogP contribution in [-0.2, 0) is 0 Å². The number of pyridine rings is 1. The zero-order chi connectivity index (χ0) is 12.4. The summed E-state index contributed by atoms with van der Waals surface area (Å²) in [5.74, 6) is -0.364. The van der Waals surface area contributed by atoms with Gasteiger partial charge in [-0.1, -0.05) is 11.6 Å². The minimum Gasteiger partial charge on any atom is -0.494 e. The normalized spacial score (nSPS) is 10.3. The van der Waals surface area contributed by atoms with E-state index in [1.165, 1.54) is 19.4 Å². The molecule has 17 heavy (non-hydrogen) atoms. The summed E-state index contributed by atoms with van der Waals surface area (Å²) in [6, 6.07) is 6.26. The number of rotatable bonds is 2. The van der Waals surface area contributed by atoms with Crippen molar-refractivity contribution in [3.8, 4) is 16.9 Å². The zero-order valence-electron chi connectivity index (χ0n) is 9.08. The van der Waals surface area contributed by atoms with Crippen molar-refractivity contribution in [1.29, 1.82) is 0 Å². The average molecular weight is 253 g/mol. The van der Waals surface area contributed by atoms with Crippen LogP contribution < -0.4 is 10.5 Å². The van der Waals surface area contributed by atoms with Crippen LogP contribution in [0.2, 0.25) is 5.15 Å². The minimum absolute atomic E-state index is 0.141. The molecule has 0 atom stereocenters. The summed E-state index contributed by atoms with van der Waals surface area (Å²) >= 11 is 5.77. The van der Waals surface area contributed by atoms with Gasteiger partial charge in [-0.15, -0.1) is 0 Å². The molecule has 0 amide bonds. The van der Waals surface area contributed by atoms with Crippen LogP contribution in [0.4, 0.5) is 10.1 Å². The Hall–Kier alpha value is -1.81. The molecular weight excluding hydrogens is 243 g/mol. The van der Waals surface area contributed by atoms with Crippen LogP contribution in [0.25, 0.3) is 11.1 Å². The van der Waals surface area contributed by atoms with Crippen molar-refractivity contribution in [2.75, 3.05) is 12.8 Å². The molecule has 2 rings (SSSR count). The topological polar surface area (TPSA) is 48.1 Å². The number of halogens is 2. The molecule has 0 aliphatic carbocycles. The first kappa shape index (κ1) is 11.7. The van der Waals surface area contributed by atoms with Gasteiger partial charge >= 0.3 is 0 Å². The van der Waals surface area contributed by atoms with Crippen LogP contribution in [-0.4, -0.2) is 12.1 Å². The van der Waals surface area contributed by atoms with Gasteiger partial charge in [0.2, 0.25) is 0 Å². The first-order valence-corrected chi connectivity index (χ1v) is 5.25. The predicted molar refractivity (Wildman–Crippen MR) is 65.6 cm³/mol. The fraction of sp³-hybridized carbons (Fsp3) is 0.0833. The molecule has 0 aliphatic heterocycles.